The van der Waals surface area contributed by atoms with Gasteiger partial charge >= 0.3 is 5.97 Å². The standard InChI is InChI=1S/C13H18N2O4/c1-13(14,9-6-4-3-5-7-9)12(18)15-10(8-19-2)11(16)17/h3-7,10H,8,14H2,1-2H3,(H,15,18)(H,16,17). The topological polar surface area (TPSA) is 102 Å². The van der Waals surface area contributed by atoms with Crippen LogP contribution in [0, 0.1) is 0 Å². The molecule has 0 spiro atoms. The molecule has 1 amide bonds. The maximum Gasteiger partial charge on any atom is 0.328 e. The molecule has 1 aromatic rings. The van der Waals surface area contributed by atoms with E-state index in [1.807, 2.05) is 6.07 Å². The average molecular weight is 266 g/mol. The smallest absolute Gasteiger partial charge is 0.328 e. The molecule has 0 bridgehead atoms. The second-order valence-electron chi connectivity index (χ2n) is 4.39. The fourth-order valence-electron chi connectivity index (χ4n) is 1.56. The first-order chi connectivity index (χ1) is 8.89. The second kappa shape index (κ2) is 6.31. The molecule has 0 saturated heterocycles. The molecule has 0 aliphatic rings. The molecule has 0 saturated carbocycles. The highest BCUT2D eigenvalue weighted by Gasteiger charge is 2.33. The Kier molecular flexibility index (Phi) is 5.02. The van der Waals surface area contributed by atoms with Gasteiger partial charge in [-0.3, -0.25) is 4.79 Å². The number of hydrogen-bond acceptors (Lipinski definition) is 4. The number of carboxylic acids is 1. The summed E-state index contributed by atoms with van der Waals surface area (Å²) in [5.41, 5.74) is 5.28. The lowest BCUT2D eigenvalue weighted by Crippen LogP contribution is -2.54. The molecule has 4 N–H and O–H groups in total. The van der Waals surface area contributed by atoms with Crippen molar-refractivity contribution in [3.63, 3.8) is 0 Å². The maximum absolute atomic E-state index is 12.1. The zero-order valence-electron chi connectivity index (χ0n) is 10.9. The lowest BCUT2D eigenvalue weighted by atomic mass is 9.92. The SMILES string of the molecule is COCC(NC(=O)C(C)(N)c1ccccc1)C(=O)O. The Balaban J connectivity index is 2.84. The van der Waals surface area contributed by atoms with Gasteiger partial charge in [0.2, 0.25) is 5.91 Å². The molecular weight excluding hydrogens is 248 g/mol. The van der Waals surface area contributed by atoms with Crippen molar-refractivity contribution in [2.75, 3.05) is 13.7 Å². The molecule has 104 valence electrons. The summed E-state index contributed by atoms with van der Waals surface area (Å²) < 4.78 is 4.75. The van der Waals surface area contributed by atoms with Gasteiger partial charge in [-0.2, -0.15) is 0 Å². The van der Waals surface area contributed by atoms with E-state index in [1.165, 1.54) is 14.0 Å². The largest absolute Gasteiger partial charge is 0.480 e. The van der Waals surface area contributed by atoms with Gasteiger partial charge in [-0.15, -0.1) is 0 Å². The van der Waals surface area contributed by atoms with E-state index >= 15 is 0 Å². The van der Waals surface area contributed by atoms with Gasteiger partial charge in [0.15, 0.2) is 6.04 Å². The van der Waals surface area contributed by atoms with Crippen molar-refractivity contribution in [3.8, 4) is 0 Å². The second-order valence-corrected chi connectivity index (χ2v) is 4.39. The van der Waals surface area contributed by atoms with Crippen LogP contribution in [0.1, 0.15) is 12.5 Å². The summed E-state index contributed by atoms with van der Waals surface area (Å²) in [6.07, 6.45) is 0. The molecule has 2 unspecified atom stereocenters. The number of carbonyl (C=O) groups is 2. The van der Waals surface area contributed by atoms with Crippen LogP contribution in [-0.4, -0.2) is 36.7 Å². The number of amides is 1. The number of rotatable bonds is 6. The van der Waals surface area contributed by atoms with E-state index in [1.54, 1.807) is 24.3 Å². The van der Waals surface area contributed by atoms with Gasteiger partial charge < -0.3 is 20.9 Å². The summed E-state index contributed by atoms with van der Waals surface area (Å²) in [5, 5.41) is 11.3. The molecule has 2 atom stereocenters. The quantitative estimate of drug-likeness (QED) is 0.676. The Morgan fingerprint density at radius 3 is 2.47 bits per heavy atom. The molecule has 6 heteroatoms. The van der Waals surface area contributed by atoms with Gasteiger partial charge in [0.1, 0.15) is 5.54 Å². The summed E-state index contributed by atoms with van der Waals surface area (Å²) in [4.78, 5) is 23.1. The van der Waals surface area contributed by atoms with E-state index in [9.17, 15) is 9.59 Å². The molecule has 0 aromatic heterocycles. The molecular formula is C13H18N2O4. The van der Waals surface area contributed by atoms with Gasteiger partial charge in [0.25, 0.3) is 0 Å². The molecule has 19 heavy (non-hydrogen) atoms. The Morgan fingerprint density at radius 1 is 1.42 bits per heavy atom. The zero-order chi connectivity index (χ0) is 14.5. The van der Waals surface area contributed by atoms with Crippen LogP contribution in [0.5, 0.6) is 0 Å². The average Bonchev–Trinajstić information content (AvgIpc) is 2.38. The number of ether oxygens (including phenoxy) is 1. The number of nitrogens with one attached hydrogen (secondary N) is 1. The number of benzene rings is 1. The number of hydrogen-bond donors (Lipinski definition) is 3. The fourth-order valence-corrected chi connectivity index (χ4v) is 1.56. The number of aliphatic carboxylic acids is 1. The minimum Gasteiger partial charge on any atom is -0.480 e. The minimum absolute atomic E-state index is 0.119. The Morgan fingerprint density at radius 2 is 2.00 bits per heavy atom. The number of carboxylic acid groups (broad SMARTS) is 1. The molecule has 1 aromatic carbocycles. The molecule has 0 heterocycles. The molecule has 6 nitrogen and oxygen atoms in total. The van der Waals surface area contributed by atoms with Crippen LogP contribution in [0.2, 0.25) is 0 Å². The Labute approximate surface area is 111 Å². The predicted molar refractivity (Wildman–Crippen MR) is 69.4 cm³/mol. The first-order valence-corrected chi connectivity index (χ1v) is 5.76. The molecule has 0 aliphatic heterocycles. The third-order valence-electron chi connectivity index (χ3n) is 2.78. The maximum atomic E-state index is 12.1. The normalized spacial score (nSPS) is 15.3. The summed E-state index contributed by atoms with van der Waals surface area (Å²) in [7, 11) is 1.36. The van der Waals surface area contributed by atoms with E-state index in [0.29, 0.717) is 5.56 Å². The minimum atomic E-state index is -1.30. The fraction of sp³-hybridized carbons (Fsp3) is 0.385. The highest BCUT2D eigenvalue weighted by molar-refractivity contribution is 5.90. The van der Waals surface area contributed by atoms with Crippen molar-refractivity contribution in [1.82, 2.24) is 5.32 Å². The van der Waals surface area contributed by atoms with Gasteiger partial charge in [-0.1, -0.05) is 30.3 Å². The van der Waals surface area contributed by atoms with Crippen molar-refractivity contribution >= 4 is 11.9 Å². The van der Waals surface area contributed by atoms with Crippen LogP contribution in [0.25, 0.3) is 0 Å². The van der Waals surface area contributed by atoms with Crippen molar-refractivity contribution in [3.05, 3.63) is 35.9 Å². The van der Waals surface area contributed by atoms with Crippen LogP contribution in [0.3, 0.4) is 0 Å². The van der Waals surface area contributed by atoms with Crippen LogP contribution in [0.4, 0.5) is 0 Å². The zero-order valence-corrected chi connectivity index (χ0v) is 10.9. The van der Waals surface area contributed by atoms with Crippen molar-refractivity contribution in [2.45, 2.75) is 18.5 Å². The van der Waals surface area contributed by atoms with Crippen LogP contribution < -0.4 is 11.1 Å². The van der Waals surface area contributed by atoms with Crippen molar-refractivity contribution < 1.29 is 19.4 Å². The van der Waals surface area contributed by atoms with Gasteiger partial charge in [0, 0.05) is 7.11 Å². The molecule has 0 aliphatic carbocycles. The Hall–Kier alpha value is -1.92. The van der Waals surface area contributed by atoms with Gasteiger partial charge in [-0.05, 0) is 12.5 Å². The van der Waals surface area contributed by atoms with Crippen molar-refractivity contribution in [2.24, 2.45) is 5.73 Å². The molecule has 0 fully saturated rings. The lowest BCUT2D eigenvalue weighted by molar-refractivity contribution is -0.144. The van der Waals surface area contributed by atoms with Crippen LogP contribution in [-0.2, 0) is 19.9 Å². The number of nitrogens with two attached hydrogens (primary N) is 1. The third kappa shape index (κ3) is 3.77. The van der Waals surface area contributed by atoms with Gasteiger partial charge in [-0.25, -0.2) is 4.79 Å². The Bertz CT molecular complexity index is 445. The van der Waals surface area contributed by atoms with Crippen LogP contribution >= 0.6 is 0 Å². The van der Waals surface area contributed by atoms with E-state index in [2.05, 4.69) is 5.32 Å². The summed E-state index contributed by atoms with van der Waals surface area (Å²) in [6, 6.07) is 7.64. The monoisotopic (exact) mass is 266 g/mol. The summed E-state index contributed by atoms with van der Waals surface area (Å²) in [5.74, 6) is -1.73. The van der Waals surface area contributed by atoms with E-state index < -0.39 is 23.5 Å². The van der Waals surface area contributed by atoms with E-state index in [-0.39, 0.29) is 6.61 Å². The molecule has 0 radical (unpaired) electrons. The summed E-state index contributed by atoms with van der Waals surface area (Å²) >= 11 is 0. The lowest BCUT2D eigenvalue weighted by Gasteiger charge is -2.26. The summed E-state index contributed by atoms with van der Waals surface area (Å²) in [6.45, 7) is 1.41. The van der Waals surface area contributed by atoms with E-state index in [0.717, 1.165) is 0 Å². The third-order valence-corrected chi connectivity index (χ3v) is 2.78. The number of methoxy groups -OCH3 is 1. The van der Waals surface area contributed by atoms with Gasteiger partial charge in [0.05, 0.1) is 6.61 Å². The highest BCUT2D eigenvalue weighted by Crippen LogP contribution is 2.17. The molecule has 1 rings (SSSR count). The number of carbonyl (C=O) groups excluding carboxylic acids is 1. The van der Waals surface area contributed by atoms with Crippen LogP contribution in [0.15, 0.2) is 30.3 Å². The first kappa shape index (κ1) is 15.1. The predicted octanol–water partition coefficient (Wildman–Crippen LogP) is 0.0763. The van der Waals surface area contributed by atoms with E-state index in [4.69, 9.17) is 15.6 Å². The first-order valence-electron chi connectivity index (χ1n) is 5.76. The highest BCUT2D eigenvalue weighted by atomic mass is 16.5. The van der Waals surface area contributed by atoms with Crippen molar-refractivity contribution in [1.29, 1.82) is 0 Å².